The molecule has 2 fully saturated rings. The van der Waals surface area contributed by atoms with Crippen molar-refractivity contribution in [3.05, 3.63) is 29.6 Å². The highest BCUT2D eigenvalue weighted by molar-refractivity contribution is 6.02. The zero-order valence-electron chi connectivity index (χ0n) is 14.2. The van der Waals surface area contributed by atoms with E-state index in [4.69, 9.17) is 11.5 Å². The highest BCUT2D eigenvalue weighted by Gasteiger charge is 2.59. The molecule has 3 rings (SSSR count). The molecule has 146 valence electrons. The van der Waals surface area contributed by atoms with E-state index in [0.29, 0.717) is 0 Å². The molecule has 2 saturated carbocycles. The summed E-state index contributed by atoms with van der Waals surface area (Å²) in [5.41, 5.74) is 7.93. The number of amides is 3. The molecule has 0 saturated heterocycles. The molecule has 0 spiro atoms. The summed E-state index contributed by atoms with van der Waals surface area (Å²) in [5, 5.41) is 4.47. The standard InChI is InChI=1S/C17H19F3N4O3/c18-12-2-1-8(23-14(26)7-3-9(25)4-7)5-10(12)17(15(19)20,24-16(22)27)11-6-13(11)21/h1-2,5,7,11,13,15H,3-4,6,21H2,(H,23,26)(H3,22,24,27)/t11-,13+,17+/m0/s1. The number of halogens is 3. The number of urea groups is 1. The molecule has 6 N–H and O–H groups in total. The summed E-state index contributed by atoms with van der Waals surface area (Å²) in [4.78, 5) is 34.5. The molecule has 2 aliphatic rings. The second-order valence-corrected chi connectivity index (χ2v) is 6.99. The van der Waals surface area contributed by atoms with Crippen molar-refractivity contribution >= 4 is 23.4 Å². The summed E-state index contributed by atoms with van der Waals surface area (Å²) in [6.45, 7) is 0. The highest BCUT2D eigenvalue weighted by atomic mass is 19.3. The fraction of sp³-hybridized carbons (Fsp3) is 0.471. The van der Waals surface area contributed by atoms with Gasteiger partial charge in [-0.15, -0.1) is 0 Å². The molecule has 2 aliphatic carbocycles. The molecule has 0 aromatic heterocycles. The second-order valence-electron chi connectivity index (χ2n) is 6.99. The van der Waals surface area contributed by atoms with Crippen LogP contribution in [0.1, 0.15) is 24.8 Å². The maximum absolute atomic E-state index is 14.5. The molecule has 3 atom stereocenters. The lowest BCUT2D eigenvalue weighted by Gasteiger charge is -2.35. The van der Waals surface area contributed by atoms with Crippen molar-refractivity contribution in [2.24, 2.45) is 23.3 Å². The summed E-state index contributed by atoms with van der Waals surface area (Å²) in [6.07, 6.45) is -2.80. The van der Waals surface area contributed by atoms with E-state index in [-0.39, 0.29) is 30.7 Å². The van der Waals surface area contributed by atoms with Crippen molar-refractivity contribution in [1.82, 2.24) is 5.32 Å². The van der Waals surface area contributed by atoms with Gasteiger partial charge in [-0.25, -0.2) is 18.0 Å². The third-order valence-electron chi connectivity index (χ3n) is 5.10. The van der Waals surface area contributed by atoms with Gasteiger partial charge in [-0.3, -0.25) is 9.59 Å². The van der Waals surface area contributed by atoms with Gasteiger partial charge in [0.25, 0.3) is 6.43 Å². The van der Waals surface area contributed by atoms with Crippen LogP contribution in [0.15, 0.2) is 18.2 Å². The maximum Gasteiger partial charge on any atom is 0.313 e. The van der Waals surface area contributed by atoms with Crippen molar-refractivity contribution in [2.45, 2.75) is 37.3 Å². The van der Waals surface area contributed by atoms with Gasteiger partial charge in [0.1, 0.15) is 17.1 Å². The number of rotatable bonds is 6. The van der Waals surface area contributed by atoms with E-state index >= 15 is 0 Å². The number of ketones is 1. The van der Waals surface area contributed by atoms with E-state index in [9.17, 15) is 27.6 Å². The Kier molecular flexibility index (Phi) is 4.85. The summed E-state index contributed by atoms with van der Waals surface area (Å²) >= 11 is 0. The lowest BCUT2D eigenvalue weighted by atomic mass is 9.82. The summed E-state index contributed by atoms with van der Waals surface area (Å²) in [6, 6.07) is 1.29. The van der Waals surface area contributed by atoms with Crippen molar-refractivity contribution in [3.8, 4) is 0 Å². The Labute approximate surface area is 152 Å². The Morgan fingerprint density at radius 3 is 2.37 bits per heavy atom. The molecule has 0 heterocycles. The van der Waals surface area contributed by atoms with Gasteiger partial charge in [0.05, 0.1) is 5.92 Å². The Hall–Kier alpha value is -2.62. The third kappa shape index (κ3) is 3.48. The average Bonchev–Trinajstić information content (AvgIpc) is 3.28. The number of Topliss-reactive ketones (excluding diaryl/α,β-unsaturated/α-hetero) is 1. The van der Waals surface area contributed by atoms with E-state index in [1.165, 1.54) is 6.07 Å². The van der Waals surface area contributed by atoms with Gasteiger partial charge < -0.3 is 22.1 Å². The van der Waals surface area contributed by atoms with Crippen LogP contribution in [0.3, 0.4) is 0 Å². The molecule has 0 radical (unpaired) electrons. The van der Waals surface area contributed by atoms with Gasteiger partial charge >= 0.3 is 6.03 Å². The van der Waals surface area contributed by atoms with E-state index in [1.807, 2.05) is 5.32 Å². The molecule has 0 aliphatic heterocycles. The van der Waals surface area contributed by atoms with Crippen LogP contribution >= 0.6 is 0 Å². The first-order valence-electron chi connectivity index (χ1n) is 8.39. The van der Waals surface area contributed by atoms with Crippen LogP contribution in [0.25, 0.3) is 0 Å². The van der Waals surface area contributed by atoms with Gasteiger partial charge in [0.2, 0.25) is 5.91 Å². The Bertz CT molecular complexity index is 796. The number of alkyl halides is 2. The first kappa shape index (κ1) is 19.2. The number of hydrogen-bond acceptors (Lipinski definition) is 4. The van der Waals surface area contributed by atoms with Crippen LogP contribution in [-0.2, 0) is 15.1 Å². The van der Waals surface area contributed by atoms with Crippen molar-refractivity contribution in [1.29, 1.82) is 0 Å². The predicted molar refractivity (Wildman–Crippen MR) is 89.2 cm³/mol. The normalized spacial score (nSPS) is 24.1. The minimum absolute atomic E-state index is 0.0416. The first-order chi connectivity index (χ1) is 12.6. The van der Waals surface area contributed by atoms with Gasteiger partial charge in [0, 0.05) is 36.1 Å². The lowest BCUT2D eigenvalue weighted by Crippen LogP contribution is -2.56. The van der Waals surface area contributed by atoms with Gasteiger partial charge in [-0.05, 0) is 24.6 Å². The van der Waals surface area contributed by atoms with Crippen molar-refractivity contribution < 1.29 is 27.6 Å². The number of benzene rings is 1. The fourth-order valence-corrected chi connectivity index (χ4v) is 3.48. The molecule has 1 aromatic rings. The molecule has 0 unspecified atom stereocenters. The summed E-state index contributed by atoms with van der Waals surface area (Å²) in [5.74, 6) is -2.89. The average molecular weight is 384 g/mol. The summed E-state index contributed by atoms with van der Waals surface area (Å²) < 4.78 is 42.6. The second kappa shape index (κ2) is 6.84. The Morgan fingerprint density at radius 1 is 1.26 bits per heavy atom. The van der Waals surface area contributed by atoms with Crippen molar-refractivity contribution in [2.75, 3.05) is 5.32 Å². The van der Waals surface area contributed by atoms with Gasteiger partial charge in [-0.1, -0.05) is 0 Å². The number of nitrogens with one attached hydrogen (secondary N) is 2. The van der Waals surface area contributed by atoms with Crippen LogP contribution < -0.4 is 22.1 Å². The minimum Gasteiger partial charge on any atom is -0.352 e. The minimum atomic E-state index is -3.19. The molecule has 10 heteroatoms. The Morgan fingerprint density at radius 2 is 1.89 bits per heavy atom. The number of primary amides is 1. The predicted octanol–water partition coefficient (Wildman–Crippen LogP) is 1.22. The first-order valence-corrected chi connectivity index (χ1v) is 8.39. The third-order valence-corrected chi connectivity index (χ3v) is 5.10. The molecular formula is C17H19F3N4O3. The molecule has 0 bridgehead atoms. The van der Waals surface area contributed by atoms with Gasteiger partial charge in [-0.2, -0.15) is 0 Å². The Balaban J connectivity index is 1.95. The van der Waals surface area contributed by atoms with Crippen LogP contribution in [0, 0.1) is 17.7 Å². The largest absolute Gasteiger partial charge is 0.352 e. The highest BCUT2D eigenvalue weighted by Crippen LogP contribution is 2.49. The molecule has 1 aromatic carbocycles. The summed E-state index contributed by atoms with van der Waals surface area (Å²) in [7, 11) is 0. The number of hydrogen-bond donors (Lipinski definition) is 4. The fourth-order valence-electron chi connectivity index (χ4n) is 3.48. The van der Waals surface area contributed by atoms with E-state index in [1.54, 1.807) is 0 Å². The van der Waals surface area contributed by atoms with Crippen LogP contribution in [0.4, 0.5) is 23.7 Å². The smallest absolute Gasteiger partial charge is 0.313 e. The molecule has 7 nitrogen and oxygen atoms in total. The molecular weight excluding hydrogens is 365 g/mol. The number of carbonyl (C=O) groups is 3. The number of anilines is 1. The molecule has 27 heavy (non-hydrogen) atoms. The number of carbonyl (C=O) groups excluding carboxylic acids is 3. The van der Waals surface area contributed by atoms with E-state index < -0.39 is 53.2 Å². The maximum atomic E-state index is 14.5. The van der Waals surface area contributed by atoms with E-state index in [0.717, 1.165) is 12.1 Å². The zero-order chi connectivity index (χ0) is 19.9. The SMILES string of the molecule is NC(=O)N[C@@](c1cc(NC(=O)C2CC(=O)C2)ccc1F)(C(F)F)[C@H]1C[C@H]1N. The monoisotopic (exact) mass is 384 g/mol. The van der Waals surface area contributed by atoms with Crippen molar-refractivity contribution in [3.63, 3.8) is 0 Å². The van der Waals surface area contributed by atoms with Gasteiger partial charge in [0.15, 0.2) is 0 Å². The molecule has 3 amide bonds. The van der Waals surface area contributed by atoms with Crippen LogP contribution in [-0.4, -0.2) is 30.2 Å². The number of nitrogens with two attached hydrogens (primary N) is 2. The zero-order valence-corrected chi connectivity index (χ0v) is 14.2. The van der Waals surface area contributed by atoms with Crippen LogP contribution in [0.5, 0.6) is 0 Å². The quantitative estimate of drug-likeness (QED) is 0.588. The van der Waals surface area contributed by atoms with Crippen LogP contribution in [0.2, 0.25) is 0 Å². The van der Waals surface area contributed by atoms with E-state index in [2.05, 4.69) is 5.32 Å². The lowest BCUT2D eigenvalue weighted by molar-refractivity contribution is -0.135. The topological polar surface area (TPSA) is 127 Å².